The van der Waals surface area contributed by atoms with E-state index in [9.17, 15) is 9.90 Å². The van der Waals surface area contributed by atoms with Crippen LogP contribution in [0.3, 0.4) is 0 Å². The first-order valence-corrected chi connectivity index (χ1v) is 7.63. The number of para-hydroxylation sites is 1. The van der Waals surface area contributed by atoms with Gasteiger partial charge >= 0.3 is 5.97 Å². The Morgan fingerprint density at radius 1 is 1.41 bits per heavy atom. The number of aromatic nitrogens is 2. The summed E-state index contributed by atoms with van der Waals surface area (Å²) < 4.78 is 1.97. The minimum atomic E-state index is -0.794. The molecule has 5 heteroatoms. The average molecular weight is 303 g/mol. The highest BCUT2D eigenvalue weighted by Crippen LogP contribution is 2.22. The van der Waals surface area contributed by atoms with E-state index in [1.807, 2.05) is 29.8 Å². The number of hydrogen-bond acceptors (Lipinski definition) is 3. The standard InChI is InChI=1S/C17H25N3O2/c1-17(2,3)9-8-13(16(21)22)18-10-12-6-5-7-14-15(12)19-11-20(14)4/h5-7,11,13,18H,8-10H2,1-4H3,(H,21,22). The molecule has 0 spiro atoms. The molecule has 0 aliphatic rings. The topological polar surface area (TPSA) is 67.2 Å². The van der Waals surface area contributed by atoms with E-state index in [0.29, 0.717) is 13.0 Å². The van der Waals surface area contributed by atoms with Crippen LogP contribution in [0.4, 0.5) is 0 Å². The second kappa shape index (κ2) is 6.48. The summed E-state index contributed by atoms with van der Waals surface area (Å²) in [5, 5.41) is 12.5. The quantitative estimate of drug-likeness (QED) is 0.861. The molecule has 0 aliphatic carbocycles. The molecule has 2 rings (SSSR count). The molecule has 120 valence electrons. The Morgan fingerprint density at radius 2 is 2.14 bits per heavy atom. The Bertz CT molecular complexity index is 655. The first-order chi connectivity index (χ1) is 10.3. The Kier molecular flexibility index (Phi) is 4.86. The van der Waals surface area contributed by atoms with Crippen LogP contribution >= 0.6 is 0 Å². The molecule has 0 saturated carbocycles. The SMILES string of the molecule is Cn1cnc2c(CNC(CCC(C)(C)C)C(=O)O)cccc21. The van der Waals surface area contributed by atoms with Crippen molar-refractivity contribution in [1.29, 1.82) is 0 Å². The van der Waals surface area contributed by atoms with E-state index < -0.39 is 12.0 Å². The van der Waals surface area contributed by atoms with E-state index >= 15 is 0 Å². The maximum Gasteiger partial charge on any atom is 0.320 e. The number of hydrogen-bond donors (Lipinski definition) is 2. The fourth-order valence-electron chi connectivity index (χ4n) is 2.48. The Labute approximate surface area is 131 Å². The highest BCUT2D eigenvalue weighted by Gasteiger charge is 2.20. The zero-order valence-corrected chi connectivity index (χ0v) is 13.8. The highest BCUT2D eigenvalue weighted by atomic mass is 16.4. The van der Waals surface area contributed by atoms with Crippen molar-refractivity contribution in [2.24, 2.45) is 12.5 Å². The molecule has 1 unspecified atom stereocenters. The van der Waals surface area contributed by atoms with E-state index in [4.69, 9.17) is 0 Å². The Hall–Kier alpha value is -1.88. The monoisotopic (exact) mass is 303 g/mol. The van der Waals surface area contributed by atoms with Crippen LogP contribution in [0, 0.1) is 5.41 Å². The van der Waals surface area contributed by atoms with Gasteiger partial charge in [0.25, 0.3) is 0 Å². The van der Waals surface area contributed by atoms with Crippen LogP contribution < -0.4 is 5.32 Å². The molecular weight excluding hydrogens is 278 g/mol. The van der Waals surface area contributed by atoms with Gasteiger partial charge in [0.15, 0.2) is 0 Å². The number of benzene rings is 1. The lowest BCUT2D eigenvalue weighted by molar-refractivity contribution is -0.139. The molecule has 1 aromatic heterocycles. The molecule has 1 heterocycles. The molecule has 1 aromatic carbocycles. The summed E-state index contributed by atoms with van der Waals surface area (Å²) in [6, 6.07) is 5.45. The van der Waals surface area contributed by atoms with Crippen molar-refractivity contribution in [3.8, 4) is 0 Å². The summed E-state index contributed by atoms with van der Waals surface area (Å²) in [5.41, 5.74) is 3.15. The summed E-state index contributed by atoms with van der Waals surface area (Å²) in [4.78, 5) is 15.8. The lowest BCUT2D eigenvalue weighted by Crippen LogP contribution is -2.37. The third-order valence-electron chi connectivity index (χ3n) is 3.86. The molecular formula is C17H25N3O2. The molecule has 0 aliphatic heterocycles. The first kappa shape index (κ1) is 16.5. The van der Waals surface area contributed by atoms with Crippen LogP contribution in [0.15, 0.2) is 24.5 Å². The number of carboxylic acid groups (broad SMARTS) is 1. The van der Waals surface area contributed by atoms with E-state index in [2.05, 4.69) is 31.1 Å². The van der Waals surface area contributed by atoms with Crippen LogP contribution in [0.2, 0.25) is 0 Å². The highest BCUT2D eigenvalue weighted by molar-refractivity contribution is 5.79. The molecule has 5 nitrogen and oxygen atoms in total. The van der Waals surface area contributed by atoms with Gasteiger partial charge in [0.05, 0.1) is 17.4 Å². The van der Waals surface area contributed by atoms with E-state index in [-0.39, 0.29) is 5.41 Å². The molecule has 2 aromatic rings. The van der Waals surface area contributed by atoms with Gasteiger partial charge < -0.3 is 15.0 Å². The first-order valence-electron chi connectivity index (χ1n) is 7.63. The predicted molar refractivity (Wildman–Crippen MR) is 87.7 cm³/mol. The molecule has 0 saturated heterocycles. The number of aliphatic carboxylic acids is 1. The lowest BCUT2D eigenvalue weighted by Gasteiger charge is -2.21. The molecule has 0 amide bonds. The van der Waals surface area contributed by atoms with Crippen molar-refractivity contribution in [1.82, 2.24) is 14.9 Å². The van der Waals surface area contributed by atoms with Crippen molar-refractivity contribution in [3.05, 3.63) is 30.1 Å². The van der Waals surface area contributed by atoms with Crippen LogP contribution in [0.25, 0.3) is 11.0 Å². The third kappa shape index (κ3) is 4.07. The van der Waals surface area contributed by atoms with Crippen molar-refractivity contribution >= 4 is 17.0 Å². The second-order valence-corrected chi connectivity index (χ2v) is 7.01. The number of carboxylic acids is 1. The maximum atomic E-state index is 11.4. The van der Waals surface area contributed by atoms with Gasteiger partial charge in [-0.15, -0.1) is 0 Å². The number of rotatable bonds is 6. The van der Waals surface area contributed by atoms with Gasteiger partial charge in [-0.1, -0.05) is 32.9 Å². The number of nitrogens with one attached hydrogen (secondary N) is 1. The maximum absolute atomic E-state index is 11.4. The predicted octanol–water partition coefficient (Wildman–Crippen LogP) is 2.94. The van der Waals surface area contributed by atoms with Gasteiger partial charge in [-0.2, -0.15) is 0 Å². The summed E-state index contributed by atoms with van der Waals surface area (Å²) in [5.74, 6) is -0.794. The summed E-state index contributed by atoms with van der Waals surface area (Å²) >= 11 is 0. The van der Waals surface area contributed by atoms with Crippen LogP contribution in [-0.2, 0) is 18.4 Å². The summed E-state index contributed by atoms with van der Waals surface area (Å²) in [6.07, 6.45) is 3.27. The zero-order chi connectivity index (χ0) is 16.3. The number of aryl methyl sites for hydroxylation is 1. The van der Waals surface area contributed by atoms with Crippen LogP contribution in [0.5, 0.6) is 0 Å². The van der Waals surface area contributed by atoms with Crippen molar-refractivity contribution in [2.45, 2.75) is 46.2 Å². The molecule has 0 radical (unpaired) electrons. The number of carbonyl (C=O) groups is 1. The fourth-order valence-corrected chi connectivity index (χ4v) is 2.48. The van der Waals surface area contributed by atoms with Gasteiger partial charge in [-0.25, -0.2) is 4.98 Å². The van der Waals surface area contributed by atoms with Crippen LogP contribution in [-0.4, -0.2) is 26.7 Å². The lowest BCUT2D eigenvalue weighted by atomic mass is 9.88. The summed E-state index contributed by atoms with van der Waals surface area (Å²) in [7, 11) is 1.95. The number of imidazole rings is 1. The summed E-state index contributed by atoms with van der Waals surface area (Å²) in [6.45, 7) is 6.89. The van der Waals surface area contributed by atoms with E-state index in [0.717, 1.165) is 23.0 Å². The molecule has 2 N–H and O–H groups in total. The molecule has 22 heavy (non-hydrogen) atoms. The molecule has 0 bridgehead atoms. The third-order valence-corrected chi connectivity index (χ3v) is 3.86. The fraction of sp³-hybridized carbons (Fsp3) is 0.529. The van der Waals surface area contributed by atoms with E-state index in [1.54, 1.807) is 6.33 Å². The minimum absolute atomic E-state index is 0.135. The second-order valence-electron chi connectivity index (χ2n) is 7.01. The molecule has 0 fully saturated rings. The minimum Gasteiger partial charge on any atom is -0.480 e. The van der Waals surface area contributed by atoms with Crippen molar-refractivity contribution in [3.63, 3.8) is 0 Å². The van der Waals surface area contributed by atoms with E-state index in [1.165, 1.54) is 0 Å². The average Bonchev–Trinajstić information content (AvgIpc) is 2.80. The number of fused-ring (bicyclic) bond motifs is 1. The van der Waals surface area contributed by atoms with Gasteiger partial charge in [0, 0.05) is 13.6 Å². The van der Waals surface area contributed by atoms with Crippen LogP contribution in [0.1, 0.15) is 39.2 Å². The largest absolute Gasteiger partial charge is 0.480 e. The number of nitrogens with zero attached hydrogens (tertiary/aromatic N) is 2. The molecule has 1 atom stereocenters. The van der Waals surface area contributed by atoms with Crippen molar-refractivity contribution < 1.29 is 9.90 Å². The van der Waals surface area contributed by atoms with Gasteiger partial charge in [0.1, 0.15) is 6.04 Å². The Morgan fingerprint density at radius 3 is 2.77 bits per heavy atom. The Balaban J connectivity index is 2.06. The van der Waals surface area contributed by atoms with Gasteiger partial charge in [-0.05, 0) is 29.9 Å². The van der Waals surface area contributed by atoms with Crippen molar-refractivity contribution in [2.75, 3.05) is 0 Å². The smallest absolute Gasteiger partial charge is 0.320 e. The normalized spacial score (nSPS) is 13.5. The van der Waals surface area contributed by atoms with Gasteiger partial charge in [0.2, 0.25) is 0 Å². The zero-order valence-electron chi connectivity index (χ0n) is 13.8. The van der Waals surface area contributed by atoms with Gasteiger partial charge in [-0.3, -0.25) is 4.79 Å².